The van der Waals surface area contributed by atoms with Crippen molar-refractivity contribution >= 4 is 39.2 Å². The maximum absolute atomic E-state index is 12.9. The summed E-state index contributed by atoms with van der Waals surface area (Å²) in [7, 11) is -4.08. The highest BCUT2D eigenvalue weighted by Crippen LogP contribution is 2.32. The first-order valence-corrected chi connectivity index (χ1v) is 12.1. The highest BCUT2D eigenvalue weighted by Gasteiger charge is 2.31. The summed E-state index contributed by atoms with van der Waals surface area (Å²) in [5.74, 6) is -1.18. The third kappa shape index (κ3) is 6.37. The number of hydrogen-bond donors (Lipinski definition) is 2. The predicted molar refractivity (Wildman–Crippen MR) is 122 cm³/mol. The van der Waals surface area contributed by atoms with Gasteiger partial charge in [0.05, 0.1) is 15.6 Å². The summed E-state index contributed by atoms with van der Waals surface area (Å²) in [4.78, 5) is 24.7. The standard InChI is InChI=1S/C22H25ClN2O7S/c1-13(2)21(22(27)32-12-20(26)24-17-6-4-14(3)10-16(17)23)25-33(28,29)15-5-7-18-19(11-15)31-9-8-30-18/h4-7,10-11,13,21,25H,8-9,12H2,1-3H3,(H,24,26)/t21-/m1/s1. The molecular formula is C22H25ClN2O7S. The molecule has 0 spiro atoms. The number of halogens is 1. The lowest BCUT2D eigenvalue weighted by Crippen LogP contribution is -2.45. The Morgan fingerprint density at radius 2 is 1.79 bits per heavy atom. The fraction of sp³-hybridized carbons (Fsp3) is 0.364. The quantitative estimate of drug-likeness (QED) is 0.539. The van der Waals surface area contributed by atoms with Crippen LogP contribution in [-0.4, -0.2) is 46.2 Å². The summed E-state index contributed by atoms with van der Waals surface area (Å²) in [6, 6.07) is 8.07. The third-order valence-corrected chi connectivity index (χ3v) is 6.52. The minimum absolute atomic E-state index is 0.0862. The van der Waals surface area contributed by atoms with E-state index in [1.54, 1.807) is 32.0 Å². The Morgan fingerprint density at radius 3 is 2.45 bits per heavy atom. The van der Waals surface area contributed by atoms with E-state index in [-0.39, 0.29) is 4.90 Å². The summed E-state index contributed by atoms with van der Waals surface area (Å²) in [6.45, 7) is 5.26. The van der Waals surface area contributed by atoms with Crippen LogP contribution in [0.15, 0.2) is 41.3 Å². The van der Waals surface area contributed by atoms with E-state index < -0.39 is 40.5 Å². The number of hydrogen-bond acceptors (Lipinski definition) is 7. The molecule has 2 aromatic rings. The highest BCUT2D eigenvalue weighted by molar-refractivity contribution is 7.89. The van der Waals surface area contributed by atoms with Crippen LogP contribution < -0.4 is 19.5 Å². The number of ether oxygens (including phenoxy) is 3. The molecule has 0 radical (unpaired) electrons. The molecule has 0 saturated carbocycles. The molecule has 0 aromatic heterocycles. The zero-order chi connectivity index (χ0) is 24.2. The van der Waals surface area contributed by atoms with Crippen molar-refractivity contribution < 1.29 is 32.2 Å². The van der Waals surface area contributed by atoms with Crippen LogP contribution in [0.25, 0.3) is 0 Å². The molecule has 1 aliphatic rings. The second-order valence-corrected chi connectivity index (χ2v) is 9.91. The number of carbonyl (C=O) groups is 2. The van der Waals surface area contributed by atoms with Gasteiger partial charge in [0.25, 0.3) is 5.91 Å². The second kappa shape index (κ2) is 10.4. The minimum atomic E-state index is -4.08. The molecule has 0 saturated heterocycles. The van der Waals surface area contributed by atoms with Gasteiger partial charge in [-0.2, -0.15) is 4.72 Å². The average Bonchev–Trinajstić information content (AvgIpc) is 2.77. The van der Waals surface area contributed by atoms with E-state index in [4.69, 9.17) is 25.8 Å². The van der Waals surface area contributed by atoms with Crippen LogP contribution in [0.5, 0.6) is 11.5 Å². The summed E-state index contributed by atoms with van der Waals surface area (Å²) >= 11 is 6.09. The first kappa shape index (κ1) is 24.8. The van der Waals surface area contributed by atoms with Gasteiger partial charge in [0.2, 0.25) is 10.0 Å². The van der Waals surface area contributed by atoms with E-state index >= 15 is 0 Å². The van der Waals surface area contributed by atoms with Gasteiger partial charge in [0.15, 0.2) is 18.1 Å². The van der Waals surface area contributed by atoms with Crippen LogP contribution in [0, 0.1) is 12.8 Å². The lowest BCUT2D eigenvalue weighted by Gasteiger charge is -2.22. The average molecular weight is 497 g/mol. The largest absolute Gasteiger partial charge is 0.486 e. The Balaban J connectivity index is 1.64. The zero-order valence-electron chi connectivity index (χ0n) is 18.4. The number of benzene rings is 2. The van der Waals surface area contributed by atoms with Crippen LogP contribution in [0.4, 0.5) is 5.69 Å². The van der Waals surface area contributed by atoms with Crippen LogP contribution in [0.3, 0.4) is 0 Å². The number of anilines is 1. The molecule has 1 aliphatic heterocycles. The lowest BCUT2D eigenvalue weighted by atomic mass is 10.1. The Hall–Kier alpha value is -2.82. The number of nitrogens with one attached hydrogen (secondary N) is 2. The van der Waals surface area contributed by atoms with Crippen LogP contribution in [-0.2, 0) is 24.3 Å². The van der Waals surface area contributed by atoms with E-state index in [9.17, 15) is 18.0 Å². The van der Waals surface area contributed by atoms with Crippen molar-refractivity contribution in [3.05, 3.63) is 47.0 Å². The van der Waals surface area contributed by atoms with Crippen molar-refractivity contribution in [1.29, 1.82) is 0 Å². The molecule has 11 heteroatoms. The summed E-state index contributed by atoms with van der Waals surface area (Å²) < 4.78 is 44.0. The molecule has 1 heterocycles. The Morgan fingerprint density at radius 1 is 1.09 bits per heavy atom. The van der Waals surface area contributed by atoms with Crippen molar-refractivity contribution in [1.82, 2.24) is 4.72 Å². The molecular weight excluding hydrogens is 472 g/mol. The molecule has 1 amide bonds. The maximum Gasteiger partial charge on any atom is 0.324 e. The fourth-order valence-electron chi connectivity index (χ4n) is 3.02. The highest BCUT2D eigenvalue weighted by atomic mass is 35.5. The molecule has 2 N–H and O–H groups in total. The first-order valence-electron chi connectivity index (χ1n) is 10.2. The lowest BCUT2D eigenvalue weighted by molar-refractivity contribution is -0.150. The molecule has 0 aliphatic carbocycles. The van der Waals surface area contributed by atoms with Crippen molar-refractivity contribution in [2.24, 2.45) is 5.92 Å². The van der Waals surface area contributed by atoms with Crippen molar-refractivity contribution in [2.45, 2.75) is 31.7 Å². The number of esters is 1. The van der Waals surface area contributed by atoms with Gasteiger partial charge in [-0.1, -0.05) is 31.5 Å². The first-order chi connectivity index (χ1) is 15.6. The number of rotatable bonds is 8. The second-order valence-electron chi connectivity index (χ2n) is 7.79. The van der Waals surface area contributed by atoms with Crippen LogP contribution in [0.2, 0.25) is 5.02 Å². The van der Waals surface area contributed by atoms with Gasteiger partial charge in [0.1, 0.15) is 19.3 Å². The van der Waals surface area contributed by atoms with E-state index in [0.29, 0.717) is 35.4 Å². The molecule has 0 unspecified atom stereocenters. The van der Waals surface area contributed by atoms with E-state index in [2.05, 4.69) is 10.0 Å². The summed E-state index contributed by atoms with van der Waals surface area (Å²) in [5, 5.41) is 2.90. The SMILES string of the molecule is Cc1ccc(NC(=O)COC(=O)[C@H](NS(=O)(=O)c2ccc3c(c2)OCCO3)C(C)C)c(Cl)c1. The Kier molecular flexibility index (Phi) is 7.83. The van der Waals surface area contributed by atoms with Gasteiger partial charge in [-0.25, -0.2) is 8.42 Å². The predicted octanol–water partition coefficient (Wildman–Crippen LogP) is 2.90. The Labute approximate surface area is 197 Å². The van der Waals surface area contributed by atoms with Crippen molar-refractivity contribution in [3.8, 4) is 11.5 Å². The third-order valence-electron chi connectivity index (χ3n) is 4.77. The van der Waals surface area contributed by atoms with Crippen LogP contribution in [0.1, 0.15) is 19.4 Å². The van der Waals surface area contributed by atoms with Gasteiger partial charge in [-0.3, -0.25) is 9.59 Å². The normalized spacial score (nSPS) is 14.0. The van der Waals surface area contributed by atoms with Gasteiger partial charge in [-0.15, -0.1) is 0 Å². The van der Waals surface area contributed by atoms with Gasteiger partial charge < -0.3 is 19.5 Å². The van der Waals surface area contributed by atoms with Gasteiger partial charge in [-0.05, 0) is 42.7 Å². The van der Waals surface area contributed by atoms with E-state index in [0.717, 1.165) is 5.56 Å². The van der Waals surface area contributed by atoms with E-state index in [1.807, 2.05) is 6.92 Å². The summed E-state index contributed by atoms with van der Waals surface area (Å²) in [6.07, 6.45) is 0. The number of aryl methyl sites for hydroxylation is 1. The molecule has 0 bridgehead atoms. The smallest absolute Gasteiger partial charge is 0.324 e. The number of carbonyl (C=O) groups excluding carboxylic acids is 2. The molecule has 3 rings (SSSR count). The van der Waals surface area contributed by atoms with Crippen molar-refractivity contribution in [3.63, 3.8) is 0 Å². The maximum atomic E-state index is 12.9. The molecule has 2 aromatic carbocycles. The van der Waals surface area contributed by atoms with E-state index in [1.165, 1.54) is 18.2 Å². The molecule has 9 nitrogen and oxygen atoms in total. The monoisotopic (exact) mass is 496 g/mol. The number of amides is 1. The summed E-state index contributed by atoms with van der Waals surface area (Å²) in [5.41, 5.74) is 1.30. The minimum Gasteiger partial charge on any atom is -0.486 e. The van der Waals surface area contributed by atoms with Gasteiger partial charge >= 0.3 is 5.97 Å². The fourth-order valence-corrected chi connectivity index (χ4v) is 4.65. The van der Waals surface area contributed by atoms with Crippen LogP contribution >= 0.6 is 11.6 Å². The van der Waals surface area contributed by atoms with Crippen molar-refractivity contribution in [2.75, 3.05) is 25.1 Å². The topological polar surface area (TPSA) is 120 Å². The molecule has 178 valence electrons. The number of sulfonamides is 1. The zero-order valence-corrected chi connectivity index (χ0v) is 20.0. The number of fused-ring (bicyclic) bond motifs is 1. The Bertz CT molecular complexity index is 1150. The molecule has 33 heavy (non-hydrogen) atoms. The van der Waals surface area contributed by atoms with Gasteiger partial charge in [0, 0.05) is 6.07 Å². The molecule has 1 atom stereocenters. The molecule has 0 fully saturated rings.